The second kappa shape index (κ2) is 5.51. The zero-order valence-electron chi connectivity index (χ0n) is 9.90. The van der Waals surface area contributed by atoms with Gasteiger partial charge in [-0.1, -0.05) is 0 Å². The number of aromatic nitrogens is 1. The third kappa shape index (κ3) is 2.92. The molecule has 108 valence electrons. The molecule has 0 fully saturated rings. The van der Waals surface area contributed by atoms with Crippen molar-refractivity contribution >= 4 is 64.9 Å². The molecule has 0 saturated heterocycles. The van der Waals surface area contributed by atoms with Crippen molar-refractivity contribution in [3.63, 3.8) is 0 Å². The zero-order valence-corrected chi connectivity index (χ0v) is 14.7. The van der Waals surface area contributed by atoms with Crippen LogP contribution in [0.4, 0.5) is 5.69 Å². The highest BCUT2D eigenvalue weighted by molar-refractivity contribution is 9.12. The van der Waals surface area contributed by atoms with Crippen molar-refractivity contribution in [1.29, 1.82) is 0 Å². The smallest absolute Gasteiger partial charge is 0.339 e. The van der Waals surface area contributed by atoms with Crippen molar-refractivity contribution in [1.82, 2.24) is 4.98 Å². The molecule has 2 rings (SSSR count). The second-order valence-corrected chi connectivity index (χ2v) is 9.20. The predicted octanol–water partition coefficient (Wildman–Crippen LogP) is 3.41. The van der Waals surface area contributed by atoms with Crippen molar-refractivity contribution in [2.45, 2.75) is 11.8 Å². The van der Waals surface area contributed by atoms with Crippen molar-refractivity contribution in [2.24, 2.45) is 0 Å². The minimum Gasteiger partial charge on any atom is -0.478 e. The van der Waals surface area contributed by atoms with E-state index in [0.29, 0.717) is 13.3 Å². The number of carboxylic acid groups (broad SMARTS) is 1. The Labute approximate surface area is 135 Å². The first kappa shape index (κ1) is 15.5. The molecule has 0 unspecified atom stereocenters. The van der Waals surface area contributed by atoms with E-state index < -0.39 is 16.0 Å². The van der Waals surface area contributed by atoms with Crippen LogP contribution in [0.25, 0.3) is 0 Å². The summed E-state index contributed by atoms with van der Waals surface area (Å²) >= 11 is 7.58. The number of sulfonamides is 1. The molecule has 3 N–H and O–H groups in total. The highest BCUT2D eigenvalue weighted by atomic mass is 79.9. The molecule has 0 radical (unpaired) electrons. The minimum atomic E-state index is -3.87. The Morgan fingerprint density at radius 1 is 1.45 bits per heavy atom. The molecule has 20 heavy (non-hydrogen) atoms. The summed E-state index contributed by atoms with van der Waals surface area (Å²) in [4.78, 5) is 13.9. The highest BCUT2D eigenvalue weighted by Gasteiger charge is 2.24. The maximum atomic E-state index is 12.3. The predicted molar refractivity (Wildman–Crippen MR) is 83.0 cm³/mol. The second-order valence-electron chi connectivity index (χ2n) is 3.80. The molecule has 0 amide bonds. The molecule has 0 atom stereocenters. The van der Waals surface area contributed by atoms with Crippen LogP contribution in [0.1, 0.15) is 16.1 Å². The van der Waals surface area contributed by atoms with Crippen molar-refractivity contribution < 1.29 is 18.3 Å². The Kier molecular flexibility index (Phi) is 4.28. The number of hydrogen-bond acceptors (Lipinski definition) is 4. The van der Waals surface area contributed by atoms with Crippen LogP contribution < -0.4 is 4.72 Å². The van der Waals surface area contributed by atoms with Crippen LogP contribution >= 0.6 is 43.2 Å². The Morgan fingerprint density at radius 2 is 2.10 bits per heavy atom. The van der Waals surface area contributed by atoms with E-state index in [1.54, 1.807) is 6.92 Å². The van der Waals surface area contributed by atoms with Crippen LogP contribution in [0.15, 0.2) is 24.7 Å². The number of hydrogen-bond donors (Lipinski definition) is 3. The Hall–Kier alpha value is -0.840. The number of thiophene rings is 1. The molecular weight excluding hydrogens is 436 g/mol. The summed E-state index contributed by atoms with van der Waals surface area (Å²) in [6.45, 7) is 1.55. The zero-order chi connectivity index (χ0) is 15.1. The Morgan fingerprint density at radius 3 is 2.60 bits per heavy atom. The van der Waals surface area contributed by atoms with Crippen molar-refractivity contribution in [3.8, 4) is 0 Å². The molecule has 2 heterocycles. The molecule has 2 aromatic heterocycles. The van der Waals surface area contributed by atoms with Crippen LogP contribution in [0.3, 0.4) is 0 Å². The number of aryl methyl sites for hydroxylation is 1. The monoisotopic (exact) mass is 442 g/mol. The van der Waals surface area contributed by atoms with Crippen LogP contribution in [-0.4, -0.2) is 24.5 Å². The van der Waals surface area contributed by atoms with E-state index >= 15 is 0 Å². The average Bonchev–Trinajstić information content (AvgIpc) is 2.82. The number of aromatic carboxylic acids is 1. The summed E-state index contributed by atoms with van der Waals surface area (Å²) in [5.41, 5.74) is 0.281. The van der Waals surface area contributed by atoms with Gasteiger partial charge < -0.3 is 10.1 Å². The molecule has 2 aromatic rings. The first-order chi connectivity index (χ1) is 9.22. The molecule has 0 bridgehead atoms. The van der Waals surface area contributed by atoms with Gasteiger partial charge in [0, 0.05) is 11.9 Å². The van der Waals surface area contributed by atoms with Gasteiger partial charge in [-0.15, -0.1) is 11.3 Å². The van der Waals surface area contributed by atoms with Gasteiger partial charge in [0.15, 0.2) is 0 Å². The molecular formula is C10H8Br2N2O4S2. The molecule has 0 aliphatic carbocycles. The summed E-state index contributed by atoms with van der Waals surface area (Å²) < 4.78 is 27.9. The van der Waals surface area contributed by atoms with E-state index in [1.807, 2.05) is 0 Å². The third-order valence-corrected chi connectivity index (χ3v) is 6.57. The van der Waals surface area contributed by atoms with E-state index in [4.69, 9.17) is 5.11 Å². The fourth-order valence-electron chi connectivity index (χ4n) is 1.59. The lowest BCUT2D eigenvalue weighted by molar-refractivity contribution is 0.0697. The number of nitrogens with one attached hydrogen (secondary N) is 2. The van der Waals surface area contributed by atoms with Crippen molar-refractivity contribution in [2.75, 3.05) is 4.72 Å². The van der Waals surface area contributed by atoms with Gasteiger partial charge in [0.2, 0.25) is 0 Å². The van der Waals surface area contributed by atoms with Gasteiger partial charge in [0.25, 0.3) is 10.0 Å². The summed E-state index contributed by atoms with van der Waals surface area (Å²) in [7, 11) is -3.87. The standard InChI is InChI=1S/C10H8Br2N2O4S2/c1-4-8(10(15)16)5(3-13-4)14-20(17,18)6-2-7(11)19-9(6)12/h2-3,13-14H,1H3,(H,15,16). The highest BCUT2D eigenvalue weighted by Crippen LogP contribution is 2.36. The molecule has 0 aliphatic heterocycles. The summed E-state index contributed by atoms with van der Waals surface area (Å²) in [6, 6.07) is 1.44. The largest absolute Gasteiger partial charge is 0.478 e. The minimum absolute atomic E-state index is 0.00391. The topological polar surface area (TPSA) is 99.3 Å². The van der Waals surface area contributed by atoms with E-state index in [0.717, 1.165) is 0 Å². The van der Waals surface area contributed by atoms with Crippen LogP contribution in [-0.2, 0) is 10.0 Å². The van der Waals surface area contributed by atoms with Gasteiger partial charge in [0.05, 0.1) is 13.3 Å². The summed E-state index contributed by atoms with van der Waals surface area (Å²) in [5, 5.41) is 9.09. The maximum absolute atomic E-state index is 12.3. The van der Waals surface area contributed by atoms with E-state index in [1.165, 1.54) is 23.6 Å². The van der Waals surface area contributed by atoms with Gasteiger partial charge in [-0.3, -0.25) is 4.72 Å². The lowest BCUT2D eigenvalue weighted by Crippen LogP contribution is -2.14. The molecule has 6 nitrogen and oxygen atoms in total. The van der Waals surface area contributed by atoms with E-state index in [-0.39, 0.29) is 16.1 Å². The van der Waals surface area contributed by atoms with Gasteiger partial charge in [-0.2, -0.15) is 0 Å². The number of H-pyrrole nitrogens is 1. The number of anilines is 1. The van der Waals surface area contributed by atoms with Crippen LogP contribution in [0.2, 0.25) is 0 Å². The first-order valence-corrected chi connectivity index (χ1v) is 9.00. The molecule has 0 aliphatic rings. The summed E-state index contributed by atoms with van der Waals surface area (Å²) in [6.07, 6.45) is 1.31. The van der Waals surface area contributed by atoms with Crippen LogP contribution in [0.5, 0.6) is 0 Å². The van der Waals surface area contributed by atoms with Gasteiger partial charge >= 0.3 is 5.97 Å². The number of carbonyl (C=O) groups is 1. The Balaban J connectivity index is 2.44. The van der Waals surface area contributed by atoms with Gasteiger partial charge in [-0.25, -0.2) is 13.2 Å². The van der Waals surface area contributed by atoms with Gasteiger partial charge in [-0.05, 0) is 44.8 Å². The fraction of sp³-hybridized carbons (Fsp3) is 0.100. The van der Waals surface area contributed by atoms with E-state index in [9.17, 15) is 13.2 Å². The lowest BCUT2D eigenvalue weighted by Gasteiger charge is -2.06. The fourth-order valence-corrected chi connectivity index (χ4v) is 6.47. The third-order valence-electron chi connectivity index (χ3n) is 2.45. The molecule has 10 heteroatoms. The molecule has 0 saturated carbocycles. The maximum Gasteiger partial charge on any atom is 0.339 e. The van der Waals surface area contributed by atoms with E-state index in [2.05, 4.69) is 41.6 Å². The quantitative estimate of drug-likeness (QED) is 0.674. The normalized spacial score (nSPS) is 11.6. The number of aromatic amines is 1. The molecule has 0 aromatic carbocycles. The SMILES string of the molecule is Cc1[nH]cc(NS(=O)(=O)c2cc(Br)sc2Br)c1C(=O)O. The van der Waals surface area contributed by atoms with Crippen LogP contribution in [0, 0.1) is 6.92 Å². The Bertz CT molecular complexity index is 779. The van der Waals surface area contributed by atoms with Gasteiger partial charge in [0.1, 0.15) is 10.5 Å². The number of carboxylic acids is 1. The summed E-state index contributed by atoms with van der Waals surface area (Å²) in [5.74, 6) is -1.20. The van der Waals surface area contributed by atoms with Crippen molar-refractivity contribution in [3.05, 3.63) is 31.1 Å². The number of rotatable bonds is 4. The number of halogens is 2. The average molecular weight is 444 g/mol. The first-order valence-electron chi connectivity index (χ1n) is 5.11. The molecule has 0 spiro atoms. The lowest BCUT2D eigenvalue weighted by atomic mass is 10.2.